The van der Waals surface area contributed by atoms with Gasteiger partial charge < -0.3 is 5.11 Å². The molecule has 7 heteroatoms. The van der Waals surface area contributed by atoms with Crippen molar-refractivity contribution >= 4 is 40.0 Å². The number of hydrogen-bond donors (Lipinski definition) is 1. The van der Waals surface area contributed by atoms with E-state index in [1.165, 1.54) is 18.2 Å². The third-order valence-electron chi connectivity index (χ3n) is 4.10. The molecule has 2 aromatic rings. The highest BCUT2D eigenvalue weighted by Gasteiger charge is 2.21. The van der Waals surface area contributed by atoms with E-state index in [-0.39, 0.29) is 63.2 Å². The molecule has 2 nitrogen and oxygen atoms in total. The number of aromatic hydroxyl groups is 1. The van der Waals surface area contributed by atoms with Gasteiger partial charge in [0.25, 0.3) is 0 Å². The molecule has 0 saturated heterocycles. The van der Waals surface area contributed by atoms with Crippen LogP contribution in [0, 0.1) is 11.6 Å². The molecular formula is C19H17Cl3F2O2. The van der Waals surface area contributed by atoms with E-state index in [9.17, 15) is 18.7 Å². The first-order chi connectivity index (χ1) is 12.1. The molecule has 140 valence electrons. The van der Waals surface area contributed by atoms with Gasteiger partial charge >= 0.3 is 0 Å². The number of hydrogen-bond acceptors (Lipinski definition) is 2. The van der Waals surface area contributed by atoms with Crippen molar-refractivity contribution in [2.24, 2.45) is 0 Å². The van der Waals surface area contributed by atoms with Crippen molar-refractivity contribution in [1.29, 1.82) is 0 Å². The predicted molar refractivity (Wildman–Crippen MR) is 101 cm³/mol. The Balaban J connectivity index is 2.44. The van der Waals surface area contributed by atoms with Gasteiger partial charge in [-0.05, 0) is 52.8 Å². The van der Waals surface area contributed by atoms with E-state index in [1.807, 2.05) is 0 Å². The molecule has 0 unspecified atom stereocenters. The largest absolute Gasteiger partial charge is 0.508 e. The van der Waals surface area contributed by atoms with Crippen LogP contribution >= 0.6 is 34.8 Å². The van der Waals surface area contributed by atoms with E-state index in [4.69, 9.17) is 34.8 Å². The van der Waals surface area contributed by atoms with Crippen LogP contribution in [0.1, 0.15) is 48.4 Å². The van der Waals surface area contributed by atoms with Gasteiger partial charge in [-0.1, -0.05) is 43.1 Å². The Bertz CT molecular complexity index is 851. The van der Waals surface area contributed by atoms with Crippen molar-refractivity contribution < 1.29 is 18.7 Å². The number of aryl methyl sites for hydroxylation is 1. The maximum Gasteiger partial charge on any atom is 0.221 e. The van der Waals surface area contributed by atoms with Gasteiger partial charge in [-0.25, -0.2) is 8.78 Å². The molecule has 0 atom stereocenters. The molecule has 26 heavy (non-hydrogen) atoms. The van der Waals surface area contributed by atoms with Crippen LogP contribution in [-0.4, -0.2) is 10.3 Å². The predicted octanol–water partition coefficient (Wildman–Crippen LogP) is 6.39. The van der Waals surface area contributed by atoms with Gasteiger partial charge in [-0.2, -0.15) is 0 Å². The summed E-state index contributed by atoms with van der Waals surface area (Å²) in [5.41, 5.74) is 0.851. The molecule has 0 spiro atoms. The molecule has 0 aliphatic carbocycles. The Morgan fingerprint density at radius 3 is 2.38 bits per heavy atom. The number of carbonyl (C=O) groups excluding carboxylic acids is 1. The smallest absolute Gasteiger partial charge is 0.221 e. The first-order valence-corrected chi connectivity index (χ1v) is 9.10. The van der Waals surface area contributed by atoms with Crippen LogP contribution < -0.4 is 0 Å². The highest BCUT2D eigenvalue weighted by molar-refractivity contribution is 6.63. The summed E-state index contributed by atoms with van der Waals surface area (Å²) in [7, 11) is 0. The summed E-state index contributed by atoms with van der Waals surface area (Å²) >= 11 is 17.6. The van der Waals surface area contributed by atoms with Gasteiger partial charge in [-0.3, -0.25) is 4.79 Å². The summed E-state index contributed by atoms with van der Waals surface area (Å²) in [5, 5.41) is 9.22. The quantitative estimate of drug-likeness (QED) is 0.433. The lowest BCUT2D eigenvalue weighted by Gasteiger charge is -2.15. The van der Waals surface area contributed by atoms with Gasteiger partial charge in [0.2, 0.25) is 5.24 Å². The molecule has 0 aliphatic rings. The van der Waals surface area contributed by atoms with Crippen LogP contribution in [0.2, 0.25) is 10.0 Å². The Kier molecular flexibility index (Phi) is 6.89. The van der Waals surface area contributed by atoms with E-state index >= 15 is 0 Å². The van der Waals surface area contributed by atoms with Crippen LogP contribution in [0.15, 0.2) is 18.2 Å². The summed E-state index contributed by atoms with van der Waals surface area (Å²) in [4.78, 5) is 10.9. The van der Waals surface area contributed by atoms with Crippen molar-refractivity contribution in [3.63, 3.8) is 0 Å². The van der Waals surface area contributed by atoms with Crippen molar-refractivity contribution in [3.8, 4) is 5.75 Å². The molecule has 0 radical (unpaired) electrons. The normalized spacial score (nSPS) is 11.2. The minimum absolute atomic E-state index is 0.0326. The van der Waals surface area contributed by atoms with Crippen molar-refractivity contribution in [3.05, 3.63) is 62.1 Å². The molecule has 1 N–H and O–H groups in total. The van der Waals surface area contributed by atoms with E-state index in [0.29, 0.717) is 0 Å². The molecule has 0 fully saturated rings. The number of benzene rings is 2. The third kappa shape index (κ3) is 4.48. The monoisotopic (exact) mass is 420 g/mol. The first-order valence-electron chi connectivity index (χ1n) is 7.97. The summed E-state index contributed by atoms with van der Waals surface area (Å²) in [6.07, 6.45) is -0.0110. The van der Waals surface area contributed by atoms with Gasteiger partial charge in [0.05, 0.1) is 5.02 Å². The third-order valence-corrected chi connectivity index (χ3v) is 5.02. The standard InChI is InChI=1S/C19H17Cl3F2O2/c1-9(2)16-14(25)5-3-10(18(16)23)7-12-13(20)8-11(4-6-15(21)26)19(24)17(12)22/h3,5,8-9,25H,4,6-7H2,1-2H3. The summed E-state index contributed by atoms with van der Waals surface area (Å²) in [6.45, 7) is 3.52. The van der Waals surface area contributed by atoms with E-state index < -0.39 is 16.9 Å². The maximum atomic E-state index is 14.7. The van der Waals surface area contributed by atoms with Gasteiger partial charge in [0.1, 0.15) is 17.4 Å². The second-order valence-electron chi connectivity index (χ2n) is 6.28. The van der Waals surface area contributed by atoms with Crippen LogP contribution in [-0.2, 0) is 17.6 Å². The molecule has 2 rings (SSSR count). The number of carbonyl (C=O) groups is 1. The molecule has 0 saturated carbocycles. The van der Waals surface area contributed by atoms with Crippen molar-refractivity contribution in [2.45, 2.75) is 39.0 Å². The van der Waals surface area contributed by atoms with Gasteiger partial charge in [-0.15, -0.1) is 0 Å². The topological polar surface area (TPSA) is 37.3 Å². The van der Waals surface area contributed by atoms with Crippen molar-refractivity contribution in [2.75, 3.05) is 0 Å². The van der Waals surface area contributed by atoms with Crippen LogP contribution in [0.5, 0.6) is 5.75 Å². The zero-order valence-electron chi connectivity index (χ0n) is 14.2. The summed E-state index contributed by atoms with van der Waals surface area (Å²) < 4.78 is 29.2. The van der Waals surface area contributed by atoms with Crippen LogP contribution in [0.25, 0.3) is 0 Å². The first kappa shape index (κ1) is 20.9. The minimum atomic E-state index is -0.702. The molecule has 0 aliphatic heterocycles. The highest BCUT2D eigenvalue weighted by atomic mass is 35.5. The molecular weight excluding hydrogens is 405 g/mol. The zero-order valence-corrected chi connectivity index (χ0v) is 16.4. The summed E-state index contributed by atoms with van der Waals surface area (Å²) in [5.74, 6) is -1.63. The Hall–Kier alpha value is -1.36. The van der Waals surface area contributed by atoms with Gasteiger partial charge in [0.15, 0.2) is 0 Å². The van der Waals surface area contributed by atoms with Crippen molar-refractivity contribution in [1.82, 2.24) is 0 Å². The molecule has 0 bridgehead atoms. The number of phenols is 1. The number of halogens is 5. The fraction of sp³-hybridized carbons (Fsp3) is 0.316. The molecule has 2 aromatic carbocycles. The number of rotatable bonds is 6. The molecule has 0 amide bonds. The average molecular weight is 422 g/mol. The van der Waals surface area contributed by atoms with E-state index in [0.717, 1.165) is 0 Å². The lowest BCUT2D eigenvalue weighted by atomic mass is 9.94. The maximum absolute atomic E-state index is 14.7. The average Bonchev–Trinajstić information content (AvgIpc) is 2.55. The molecule has 0 heterocycles. The fourth-order valence-corrected chi connectivity index (χ4v) is 3.49. The van der Waals surface area contributed by atoms with Crippen LogP contribution in [0.4, 0.5) is 8.78 Å². The Labute approximate surface area is 165 Å². The van der Waals surface area contributed by atoms with Crippen LogP contribution in [0.3, 0.4) is 0 Å². The minimum Gasteiger partial charge on any atom is -0.508 e. The SMILES string of the molecule is CC(C)c1c(O)ccc(Cc2c(Cl)cc(CCC(=O)Cl)c(F)c2Cl)c1F. The fourth-order valence-electron chi connectivity index (χ4n) is 2.76. The highest BCUT2D eigenvalue weighted by Crippen LogP contribution is 2.36. The van der Waals surface area contributed by atoms with Gasteiger partial charge in [0, 0.05) is 23.4 Å². The Morgan fingerprint density at radius 2 is 1.81 bits per heavy atom. The van der Waals surface area contributed by atoms with E-state index in [1.54, 1.807) is 13.8 Å². The second-order valence-corrected chi connectivity index (χ2v) is 7.49. The molecule has 0 aromatic heterocycles. The Morgan fingerprint density at radius 1 is 1.15 bits per heavy atom. The van der Waals surface area contributed by atoms with E-state index in [2.05, 4.69) is 0 Å². The lowest BCUT2D eigenvalue weighted by molar-refractivity contribution is -0.111. The lowest BCUT2D eigenvalue weighted by Crippen LogP contribution is -2.04. The summed E-state index contributed by atoms with van der Waals surface area (Å²) in [6, 6.07) is 4.19. The number of phenolic OH excluding ortho intramolecular Hbond substituents is 1. The zero-order chi connectivity index (χ0) is 19.6. The second kappa shape index (κ2) is 8.55.